The third-order valence-electron chi connectivity index (χ3n) is 6.18. The van der Waals surface area contributed by atoms with E-state index in [1.165, 1.54) is 0 Å². The van der Waals surface area contributed by atoms with Gasteiger partial charge < -0.3 is 16.0 Å². The van der Waals surface area contributed by atoms with Gasteiger partial charge in [0.15, 0.2) is 5.65 Å². The van der Waals surface area contributed by atoms with Crippen molar-refractivity contribution >= 4 is 45.0 Å². The number of carbonyl (C=O) groups excluding carboxylic acids is 1. The molecule has 5 aromatic rings. The van der Waals surface area contributed by atoms with Gasteiger partial charge in [-0.25, -0.2) is 9.78 Å². The Balaban J connectivity index is 1.22. The number of hydrogen-bond acceptors (Lipinski definition) is 4. The Morgan fingerprint density at radius 3 is 2.39 bits per heavy atom. The number of nitrogens with one attached hydrogen (secondary N) is 3. The molecule has 0 bridgehead atoms. The molecule has 3 N–H and O–H groups in total. The van der Waals surface area contributed by atoms with Crippen LogP contribution in [0.25, 0.3) is 16.9 Å². The zero-order valence-corrected chi connectivity index (χ0v) is 23.0. The molecule has 38 heavy (non-hydrogen) atoms. The van der Waals surface area contributed by atoms with Crippen LogP contribution >= 0.6 is 27.5 Å². The van der Waals surface area contributed by atoms with Gasteiger partial charge in [0.05, 0.1) is 22.4 Å². The van der Waals surface area contributed by atoms with E-state index in [0.717, 1.165) is 38.2 Å². The summed E-state index contributed by atoms with van der Waals surface area (Å²) < 4.78 is 2.56. The number of rotatable bonds is 8. The Labute approximate surface area is 234 Å². The molecule has 3 aromatic carbocycles. The Morgan fingerprint density at radius 1 is 0.974 bits per heavy atom. The summed E-state index contributed by atoms with van der Waals surface area (Å²) in [6.45, 7) is 2.99. The molecule has 0 radical (unpaired) electrons. The fraction of sp³-hybridized carbons (Fsp3) is 0.138. The molecule has 5 rings (SSSR count). The number of aromatic nitrogens is 3. The molecule has 0 saturated carbocycles. The van der Waals surface area contributed by atoms with Crippen LogP contribution in [0.3, 0.4) is 0 Å². The van der Waals surface area contributed by atoms with E-state index in [1.807, 2.05) is 91.9 Å². The molecule has 0 unspecified atom stereocenters. The summed E-state index contributed by atoms with van der Waals surface area (Å²) in [6, 6.07) is 27.3. The van der Waals surface area contributed by atoms with Crippen molar-refractivity contribution in [2.45, 2.75) is 26.1 Å². The summed E-state index contributed by atoms with van der Waals surface area (Å²) in [7, 11) is 0. The zero-order chi connectivity index (χ0) is 26.5. The monoisotopic (exact) mass is 588 g/mol. The average Bonchev–Trinajstić information content (AvgIpc) is 3.32. The first kappa shape index (κ1) is 25.8. The minimum Gasteiger partial charge on any atom is -0.366 e. The summed E-state index contributed by atoms with van der Waals surface area (Å²) in [5.41, 5.74) is 5.48. The lowest BCUT2D eigenvalue weighted by Crippen LogP contribution is -2.36. The first-order valence-corrected chi connectivity index (χ1v) is 13.4. The number of carbonyl (C=O) groups is 1. The second kappa shape index (κ2) is 11.7. The largest absolute Gasteiger partial charge is 0.366 e. The zero-order valence-electron chi connectivity index (χ0n) is 20.7. The number of hydrogen-bond donors (Lipinski definition) is 3. The van der Waals surface area contributed by atoms with Crippen molar-refractivity contribution in [2.24, 2.45) is 0 Å². The number of urea groups is 1. The number of benzene rings is 3. The van der Waals surface area contributed by atoms with Crippen LogP contribution in [-0.2, 0) is 13.1 Å². The van der Waals surface area contributed by atoms with Gasteiger partial charge >= 0.3 is 6.03 Å². The summed E-state index contributed by atoms with van der Waals surface area (Å²) in [5, 5.41) is 14.4. The van der Waals surface area contributed by atoms with E-state index < -0.39 is 0 Å². The summed E-state index contributed by atoms with van der Waals surface area (Å²) in [4.78, 5) is 17.1. The maximum absolute atomic E-state index is 12.3. The maximum atomic E-state index is 12.3. The first-order valence-electron chi connectivity index (χ1n) is 12.2. The minimum absolute atomic E-state index is 0.0712. The molecule has 2 amide bonds. The van der Waals surface area contributed by atoms with Gasteiger partial charge in [0.2, 0.25) is 0 Å². The summed E-state index contributed by atoms with van der Waals surface area (Å²) >= 11 is 9.98. The SMILES string of the molecule is C[C@@H](NC(=O)NCc1ccc(CNc2cc(-c3ccccc3Cl)nc3c(Br)cnn23)cc1)c1ccccc1. The summed E-state index contributed by atoms with van der Waals surface area (Å²) in [6.07, 6.45) is 1.72. The third-order valence-corrected chi connectivity index (χ3v) is 7.06. The van der Waals surface area contributed by atoms with Crippen LogP contribution in [0.4, 0.5) is 10.6 Å². The number of amides is 2. The van der Waals surface area contributed by atoms with Gasteiger partial charge in [-0.1, -0.05) is 84.4 Å². The molecule has 0 aliphatic rings. The van der Waals surface area contributed by atoms with E-state index in [9.17, 15) is 4.79 Å². The molecule has 0 saturated heterocycles. The van der Waals surface area contributed by atoms with Gasteiger partial charge in [-0.3, -0.25) is 0 Å². The van der Waals surface area contributed by atoms with Crippen LogP contribution in [-0.4, -0.2) is 20.6 Å². The Kier molecular flexibility index (Phi) is 7.91. The highest BCUT2D eigenvalue weighted by atomic mass is 79.9. The molecular formula is C29H26BrClN6O. The Morgan fingerprint density at radius 2 is 1.66 bits per heavy atom. The van der Waals surface area contributed by atoms with Gasteiger partial charge in [0.1, 0.15) is 5.82 Å². The van der Waals surface area contributed by atoms with Crippen LogP contribution in [0.5, 0.6) is 0 Å². The second-order valence-electron chi connectivity index (χ2n) is 8.86. The van der Waals surface area contributed by atoms with Crippen molar-refractivity contribution in [2.75, 3.05) is 5.32 Å². The lowest BCUT2D eigenvalue weighted by molar-refractivity contribution is 0.237. The molecule has 1 atom stereocenters. The molecule has 192 valence electrons. The highest BCUT2D eigenvalue weighted by Gasteiger charge is 2.13. The van der Waals surface area contributed by atoms with E-state index in [1.54, 1.807) is 10.7 Å². The van der Waals surface area contributed by atoms with E-state index in [0.29, 0.717) is 23.8 Å². The molecule has 9 heteroatoms. The van der Waals surface area contributed by atoms with E-state index in [2.05, 4.69) is 37.0 Å². The number of nitrogens with zero attached hydrogens (tertiary/aromatic N) is 3. The Bertz CT molecular complexity index is 1560. The topological polar surface area (TPSA) is 83.4 Å². The summed E-state index contributed by atoms with van der Waals surface area (Å²) in [5.74, 6) is 0.797. The number of fused-ring (bicyclic) bond motifs is 1. The van der Waals surface area contributed by atoms with Crippen LogP contribution < -0.4 is 16.0 Å². The quantitative estimate of drug-likeness (QED) is 0.182. The number of halogens is 2. The highest BCUT2D eigenvalue weighted by Crippen LogP contribution is 2.30. The number of anilines is 1. The van der Waals surface area contributed by atoms with Crippen LogP contribution in [0.1, 0.15) is 29.7 Å². The molecule has 2 heterocycles. The standard InChI is InChI=1S/C29H26BrClN6O/c1-19(22-7-3-2-4-8-22)35-29(38)33-17-21-13-11-20(12-14-21)16-32-27-15-26(23-9-5-6-10-25(23)31)36-28-24(30)18-34-37(27)28/h2-15,18-19,32H,16-17H2,1H3,(H2,33,35,38)/t19-/m1/s1. The first-order chi connectivity index (χ1) is 18.5. The lowest BCUT2D eigenvalue weighted by Gasteiger charge is -2.15. The predicted molar refractivity (Wildman–Crippen MR) is 155 cm³/mol. The van der Waals surface area contributed by atoms with E-state index >= 15 is 0 Å². The predicted octanol–water partition coefficient (Wildman–Crippen LogP) is 6.98. The fourth-order valence-electron chi connectivity index (χ4n) is 4.09. The van der Waals surface area contributed by atoms with Crippen LogP contribution in [0.15, 0.2) is 95.6 Å². The second-order valence-corrected chi connectivity index (χ2v) is 10.1. The van der Waals surface area contributed by atoms with Gasteiger partial charge in [0, 0.05) is 29.7 Å². The maximum Gasteiger partial charge on any atom is 0.315 e. The molecule has 0 aliphatic heterocycles. The third kappa shape index (κ3) is 5.98. The van der Waals surface area contributed by atoms with E-state index in [-0.39, 0.29) is 12.1 Å². The molecule has 7 nitrogen and oxygen atoms in total. The molecule has 2 aromatic heterocycles. The van der Waals surface area contributed by atoms with Crippen molar-refractivity contribution in [3.05, 3.63) is 117 Å². The Hall–Kier alpha value is -3.88. The molecule has 0 aliphatic carbocycles. The van der Waals surface area contributed by atoms with Crippen LogP contribution in [0.2, 0.25) is 5.02 Å². The van der Waals surface area contributed by atoms with Gasteiger partial charge in [0.25, 0.3) is 0 Å². The van der Waals surface area contributed by atoms with Crippen molar-refractivity contribution in [1.82, 2.24) is 25.2 Å². The average molecular weight is 590 g/mol. The van der Waals surface area contributed by atoms with Crippen LogP contribution in [0, 0.1) is 0 Å². The normalized spacial score (nSPS) is 11.8. The fourth-order valence-corrected chi connectivity index (χ4v) is 4.67. The molecular weight excluding hydrogens is 564 g/mol. The van der Waals surface area contributed by atoms with Gasteiger partial charge in [-0.2, -0.15) is 9.61 Å². The minimum atomic E-state index is -0.200. The van der Waals surface area contributed by atoms with Gasteiger partial charge in [-0.15, -0.1) is 0 Å². The van der Waals surface area contributed by atoms with Gasteiger partial charge in [-0.05, 0) is 45.6 Å². The van der Waals surface area contributed by atoms with Crippen molar-refractivity contribution in [3.8, 4) is 11.3 Å². The smallest absolute Gasteiger partial charge is 0.315 e. The molecule has 0 spiro atoms. The van der Waals surface area contributed by atoms with Crippen molar-refractivity contribution < 1.29 is 4.79 Å². The van der Waals surface area contributed by atoms with Crippen molar-refractivity contribution in [1.29, 1.82) is 0 Å². The lowest BCUT2D eigenvalue weighted by atomic mass is 10.1. The van der Waals surface area contributed by atoms with E-state index in [4.69, 9.17) is 16.6 Å². The molecule has 0 fully saturated rings. The van der Waals surface area contributed by atoms with Crippen molar-refractivity contribution in [3.63, 3.8) is 0 Å². The highest BCUT2D eigenvalue weighted by molar-refractivity contribution is 9.10.